The number of methoxy groups -OCH3 is 1. The van der Waals surface area contributed by atoms with Crippen LogP contribution >= 0.6 is 11.6 Å². The van der Waals surface area contributed by atoms with Crippen LogP contribution in [-0.2, 0) is 16.6 Å². The fraction of sp³-hybridized carbons (Fsp3) is 0.0870. The second-order valence-electron chi connectivity index (χ2n) is 6.72. The molecule has 158 valence electrons. The van der Waals surface area contributed by atoms with Gasteiger partial charge < -0.3 is 9.15 Å². The van der Waals surface area contributed by atoms with Crippen LogP contribution in [0.5, 0.6) is 5.75 Å². The molecule has 31 heavy (non-hydrogen) atoms. The summed E-state index contributed by atoms with van der Waals surface area (Å²) in [6, 6.07) is 21.3. The lowest BCUT2D eigenvalue weighted by Gasteiger charge is -2.22. The Morgan fingerprint density at radius 2 is 1.77 bits per heavy atom. The normalized spacial score (nSPS) is 11.3. The second kappa shape index (κ2) is 8.83. The molecule has 0 saturated carbocycles. The van der Waals surface area contributed by atoms with Gasteiger partial charge in [0.15, 0.2) is 12.2 Å². The maximum atomic E-state index is 13.6. The molecule has 0 fully saturated rings. The minimum absolute atomic E-state index is 0.119. The van der Waals surface area contributed by atoms with E-state index in [2.05, 4.69) is 4.98 Å². The van der Waals surface area contributed by atoms with Gasteiger partial charge in [0.05, 0.1) is 23.6 Å². The van der Waals surface area contributed by atoms with Crippen molar-refractivity contribution in [2.24, 2.45) is 0 Å². The quantitative estimate of drug-likeness (QED) is 0.374. The lowest BCUT2D eigenvalue weighted by atomic mass is 10.1. The van der Waals surface area contributed by atoms with Gasteiger partial charge in [-0.05, 0) is 41.0 Å². The summed E-state index contributed by atoms with van der Waals surface area (Å²) < 4.78 is 38.6. The zero-order valence-corrected chi connectivity index (χ0v) is 18.2. The zero-order chi connectivity index (χ0) is 21.8. The number of rotatable bonds is 7. The van der Waals surface area contributed by atoms with Crippen LogP contribution in [0.25, 0.3) is 11.1 Å². The Labute approximate surface area is 185 Å². The number of sulfonamides is 1. The summed E-state index contributed by atoms with van der Waals surface area (Å²) in [4.78, 5) is 4.20. The van der Waals surface area contributed by atoms with Crippen molar-refractivity contribution in [3.05, 3.63) is 96.0 Å². The van der Waals surface area contributed by atoms with Crippen molar-refractivity contribution in [2.45, 2.75) is 11.4 Å². The number of hydrogen-bond donors (Lipinski definition) is 0. The van der Waals surface area contributed by atoms with Gasteiger partial charge in [-0.2, -0.15) is 4.98 Å². The SMILES string of the molecule is COc1ccc(-c2cccc(S(=O)(=O)N(Cc3ccccc3)c3cocn3)c2)cc1Cl. The van der Waals surface area contributed by atoms with Crippen LogP contribution in [-0.4, -0.2) is 20.5 Å². The minimum atomic E-state index is -3.92. The van der Waals surface area contributed by atoms with E-state index in [9.17, 15) is 8.42 Å². The average molecular weight is 455 g/mol. The molecule has 1 aromatic heterocycles. The van der Waals surface area contributed by atoms with Crippen molar-refractivity contribution < 1.29 is 17.6 Å². The third kappa shape index (κ3) is 4.42. The summed E-state index contributed by atoms with van der Waals surface area (Å²) in [5, 5.41) is 0.446. The van der Waals surface area contributed by atoms with E-state index in [-0.39, 0.29) is 17.3 Å². The second-order valence-corrected chi connectivity index (χ2v) is 8.99. The molecule has 0 N–H and O–H groups in total. The Bertz CT molecular complexity index is 1280. The van der Waals surface area contributed by atoms with E-state index in [1.165, 1.54) is 17.0 Å². The van der Waals surface area contributed by atoms with Crippen LogP contribution in [0, 0.1) is 0 Å². The van der Waals surface area contributed by atoms with Gasteiger partial charge >= 0.3 is 0 Å². The molecule has 0 aliphatic carbocycles. The van der Waals surface area contributed by atoms with E-state index in [1.54, 1.807) is 37.4 Å². The zero-order valence-electron chi connectivity index (χ0n) is 16.6. The van der Waals surface area contributed by atoms with E-state index in [0.29, 0.717) is 16.3 Å². The summed E-state index contributed by atoms with van der Waals surface area (Å²) in [6.07, 6.45) is 2.52. The number of anilines is 1. The molecular weight excluding hydrogens is 436 g/mol. The van der Waals surface area contributed by atoms with E-state index in [0.717, 1.165) is 11.1 Å². The minimum Gasteiger partial charge on any atom is -0.495 e. The van der Waals surface area contributed by atoms with Gasteiger partial charge in [0.2, 0.25) is 0 Å². The van der Waals surface area contributed by atoms with Crippen molar-refractivity contribution in [3.63, 3.8) is 0 Å². The summed E-state index contributed by atoms with van der Waals surface area (Å²) in [5.74, 6) is 0.760. The largest absolute Gasteiger partial charge is 0.495 e. The highest BCUT2D eigenvalue weighted by Crippen LogP contribution is 2.32. The van der Waals surface area contributed by atoms with Crippen LogP contribution in [0.15, 0.2) is 94.8 Å². The Kier molecular flexibility index (Phi) is 5.97. The molecule has 0 saturated heterocycles. The third-order valence-electron chi connectivity index (χ3n) is 4.75. The van der Waals surface area contributed by atoms with Gasteiger partial charge in [0.25, 0.3) is 10.0 Å². The molecule has 0 unspecified atom stereocenters. The summed E-state index contributed by atoms with van der Waals surface area (Å²) in [6.45, 7) is 0.119. The van der Waals surface area contributed by atoms with Gasteiger partial charge in [-0.15, -0.1) is 0 Å². The molecule has 8 heteroatoms. The third-order valence-corrected chi connectivity index (χ3v) is 6.79. The summed E-state index contributed by atoms with van der Waals surface area (Å²) >= 11 is 6.25. The summed E-state index contributed by atoms with van der Waals surface area (Å²) in [5.41, 5.74) is 2.32. The Morgan fingerprint density at radius 3 is 2.45 bits per heavy atom. The van der Waals surface area contributed by atoms with Gasteiger partial charge in [0, 0.05) is 0 Å². The number of ether oxygens (including phenoxy) is 1. The van der Waals surface area contributed by atoms with E-state index >= 15 is 0 Å². The number of hydrogen-bond acceptors (Lipinski definition) is 5. The molecule has 0 bridgehead atoms. The molecule has 0 aliphatic rings. The van der Waals surface area contributed by atoms with Crippen LogP contribution in [0.2, 0.25) is 5.02 Å². The first-order valence-electron chi connectivity index (χ1n) is 9.38. The number of oxazole rings is 1. The van der Waals surface area contributed by atoms with Crippen molar-refractivity contribution in [3.8, 4) is 16.9 Å². The summed E-state index contributed by atoms with van der Waals surface area (Å²) in [7, 11) is -2.38. The van der Waals surface area contributed by atoms with Gasteiger partial charge in [-0.3, -0.25) is 0 Å². The van der Waals surface area contributed by atoms with Crippen LogP contribution < -0.4 is 9.04 Å². The molecule has 3 aromatic carbocycles. The highest BCUT2D eigenvalue weighted by Gasteiger charge is 2.27. The molecule has 0 aliphatic heterocycles. The number of nitrogens with zero attached hydrogens (tertiary/aromatic N) is 2. The standard InChI is InChI=1S/C23H19ClN2O4S/c1-29-22-11-10-19(13-21(22)24)18-8-5-9-20(12-18)31(27,28)26(23-15-30-16-25-23)14-17-6-3-2-4-7-17/h2-13,15-16H,14H2,1H3. The van der Waals surface area contributed by atoms with Crippen molar-refractivity contribution in [1.29, 1.82) is 0 Å². The smallest absolute Gasteiger partial charge is 0.265 e. The monoisotopic (exact) mass is 454 g/mol. The Balaban J connectivity index is 1.74. The molecule has 0 spiro atoms. The fourth-order valence-corrected chi connectivity index (χ4v) is 4.87. The maximum absolute atomic E-state index is 13.6. The van der Waals surface area contributed by atoms with Gasteiger partial charge in [-0.1, -0.05) is 60.1 Å². The molecule has 1 heterocycles. The predicted molar refractivity (Wildman–Crippen MR) is 120 cm³/mol. The number of benzene rings is 3. The Hall–Kier alpha value is -3.29. The van der Waals surface area contributed by atoms with Crippen molar-refractivity contribution in [2.75, 3.05) is 11.4 Å². The van der Waals surface area contributed by atoms with E-state index < -0.39 is 10.0 Å². The molecule has 6 nitrogen and oxygen atoms in total. The van der Waals surface area contributed by atoms with E-state index in [1.807, 2.05) is 42.5 Å². The lowest BCUT2D eigenvalue weighted by Crippen LogP contribution is -2.30. The van der Waals surface area contributed by atoms with E-state index in [4.69, 9.17) is 20.8 Å². The highest BCUT2D eigenvalue weighted by molar-refractivity contribution is 7.92. The highest BCUT2D eigenvalue weighted by atomic mass is 35.5. The molecule has 0 amide bonds. The fourth-order valence-electron chi connectivity index (χ4n) is 3.18. The molecule has 4 aromatic rings. The first-order chi connectivity index (χ1) is 15.0. The molecule has 4 rings (SSSR count). The lowest BCUT2D eigenvalue weighted by molar-refractivity contribution is 0.415. The number of halogens is 1. The first kappa shape index (κ1) is 21.0. The number of aromatic nitrogens is 1. The maximum Gasteiger partial charge on any atom is 0.265 e. The topological polar surface area (TPSA) is 72.6 Å². The van der Waals surface area contributed by atoms with Crippen LogP contribution in [0.1, 0.15) is 5.56 Å². The predicted octanol–water partition coefficient (Wildman–Crippen LogP) is 5.40. The molecule has 0 atom stereocenters. The molecular formula is C23H19ClN2O4S. The Morgan fingerprint density at radius 1 is 1.00 bits per heavy atom. The first-order valence-corrected chi connectivity index (χ1v) is 11.2. The van der Waals surface area contributed by atoms with Crippen molar-refractivity contribution in [1.82, 2.24) is 4.98 Å². The van der Waals surface area contributed by atoms with Crippen LogP contribution in [0.4, 0.5) is 5.82 Å². The van der Waals surface area contributed by atoms with Gasteiger partial charge in [0.1, 0.15) is 12.0 Å². The van der Waals surface area contributed by atoms with Crippen molar-refractivity contribution >= 4 is 27.4 Å². The van der Waals surface area contributed by atoms with Crippen LogP contribution in [0.3, 0.4) is 0 Å². The van der Waals surface area contributed by atoms with Gasteiger partial charge in [-0.25, -0.2) is 12.7 Å². The average Bonchev–Trinajstić information content (AvgIpc) is 3.32. The molecule has 0 radical (unpaired) electrons.